The topological polar surface area (TPSA) is 21.1 Å². The first kappa shape index (κ1) is 9.26. The molecule has 0 unspecified atom stereocenters. The molecule has 0 aromatic carbocycles. The van der Waals surface area contributed by atoms with E-state index < -0.39 is 0 Å². The van der Waals surface area contributed by atoms with Gasteiger partial charge in [0.1, 0.15) is 5.82 Å². The Morgan fingerprint density at radius 3 is 2.83 bits per heavy atom. The van der Waals surface area contributed by atoms with Crippen LogP contribution in [0.3, 0.4) is 0 Å². The van der Waals surface area contributed by atoms with Gasteiger partial charge in [-0.1, -0.05) is 6.92 Å². The number of hydrogen-bond donors (Lipinski definition) is 0. The Hall–Kier alpha value is -0.830. The van der Waals surface area contributed by atoms with Crippen LogP contribution < -0.4 is 0 Å². The number of rotatable bonds is 4. The Kier molecular flexibility index (Phi) is 3.29. The highest BCUT2D eigenvalue weighted by Crippen LogP contribution is 2.01. The van der Waals surface area contributed by atoms with Gasteiger partial charge in [-0.25, -0.2) is 4.98 Å². The van der Waals surface area contributed by atoms with Crippen LogP contribution in [-0.2, 0) is 13.1 Å². The number of aromatic nitrogens is 2. The molecule has 3 nitrogen and oxygen atoms in total. The molecule has 0 saturated heterocycles. The zero-order valence-corrected chi connectivity index (χ0v) is 8.12. The lowest BCUT2D eigenvalue weighted by molar-refractivity contribution is 0.380. The van der Waals surface area contributed by atoms with Gasteiger partial charge in [0.05, 0.1) is 6.54 Å². The van der Waals surface area contributed by atoms with Crippen molar-refractivity contribution in [3.63, 3.8) is 0 Å². The van der Waals surface area contributed by atoms with Crippen LogP contribution in [0.4, 0.5) is 0 Å². The lowest BCUT2D eigenvalue weighted by atomic mass is 10.4. The second-order valence-corrected chi connectivity index (χ2v) is 3.27. The van der Waals surface area contributed by atoms with Gasteiger partial charge in [-0.3, -0.25) is 0 Å². The molecule has 3 heteroatoms. The smallest absolute Gasteiger partial charge is 0.122 e. The summed E-state index contributed by atoms with van der Waals surface area (Å²) < 4.78 is 2.21. The normalized spacial score (nSPS) is 11.0. The molecule has 0 bridgehead atoms. The molecule has 0 fully saturated rings. The monoisotopic (exact) mass is 167 g/mol. The minimum Gasteiger partial charge on any atom is -0.334 e. The van der Waals surface area contributed by atoms with E-state index in [2.05, 4.69) is 35.5 Å². The van der Waals surface area contributed by atoms with Crippen LogP contribution in [0.1, 0.15) is 19.2 Å². The van der Waals surface area contributed by atoms with E-state index in [-0.39, 0.29) is 0 Å². The minimum atomic E-state index is 0.924. The third-order valence-electron chi connectivity index (χ3n) is 1.72. The average molecular weight is 167 g/mol. The third kappa shape index (κ3) is 2.34. The number of aryl methyl sites for hydroxylation is 1. The number of imidazole rings is 1. The highest BCUT2D eigenvalue weighted by molar-refractivity contribution is 4.91. The SMILES string of the molecule is CCCn1ccnc1CN(C)C. The van der Waals surface area contributed by atoms with E-state index in [9.17, 15) is 0 Å². The van der Waals surface area contributed by atoms with Crippen LogP contribution >= 0.6 is 0 Å². The summed E-state index contributed by atoms with van der Waals surface area (Å²) in [4.78, 5) is 6.43. The van der Waals surface area contributed by atoms with E-state index in [0.29, 0.717) is 0 Å². The van der Waals surface area contributed by atoms with Gasteiger partial charge >= 0.3 is 0 Å². The molecule has 1 aromatic heterocycles. The molecule has 1 heterocycles. The Balaban J connectivity index is 2.63. The van der Waals surface area contributed by atoms with Gasteiger partial charge in [-0.15, -0.1) is 0 Å². The van der Waals surface area contributed by atoms with E-state index in [0.717, 1.165) is 25.3 Å². The van der Waals surface area contributed by atoms with Crippen molar-refractivity contribution < 1.29 is 0 Å². The maximum absolute atomic E-state index is 4.30. The average Bonchev–Trinajstić information content (AvgIpc) is 2.37. The van der Waals surface area contributed by atoms with Gasteiger partial charge < -0.3 is 9.47 Å². The lowest BCUT2D eigenvalue weighted by Crippen LogP contribution is -2.15. The molecule has 68 valence electrons. The van der Waals surface area contributed by atoms with Crippen LogP contribution in [-0.4, -0.2) is 28.5 Å². The fraction of sp³-hybridized carbons (Fsp3) is 0.667. The lowest BCUT2D eigenvalue weighted by Gasteiger charge is -2.10. The highest BCUT2D eigenvalue weighted by Gasteiger charge is 2.01. The van der Waals surface area contributed by atoms with Gasteiger partial charge in [0.2, 0.25) is 0 Å². The summed E-state index contributed by atoms with van der Waals surface area (Å²) in [5, 5.41) is 0. The molecule has 0 amide bonds. The zero-order valence-electron chi connectivity index (χ0n) is 8.12. The van der Waals surface area contributed by atoms with Crippen molar-refractivity contribution in [3.05, 3.63) is 18.2 Å². The van der Waals surface area contributed by atoms with Gasteiger partial charge in [0.15, 0.2) is 0 Å². The van der Waals surface area contributed by atoms with Crippen molar-refractivity contribution in [1.82, 2.24) is 14.5 Å². The van der Waals surface area contributed by atoms with Crippen LogP contribution in [0.15, 0.2) is 12.4 Å². The Bertz CT molecular complexity index is 227. The molecule has 0 aliphatic rings. The molecular weight excluding hydrogens is 150 g/mol. The summed E-state index contributed by atoms with van der Waals surface area (Å²) in [5.41, 5.74) is 0. The number of nitrogens with zero attached hydrogens (tertiary/aromatic N) is 3. The van der Waals surface area contributed by atoms with Crippen molar-refractivity contribution in [1.29, 1.82) is 0 Å². The summed E-state index contributed by atoms with van der Waals surface area (Å²) in [5.74, 6) is 1.15. The predicted molar refractivity (Wildman–Crippen MR) is 49.9 cm³/mol. The zero-order chi connectivity index (χ0) is 8.97. The fourth-order valence-corrected chi connectivity index (χ4v) is 1.22. The molecule has 0 saturated carbocycles. The molecule has 1 aromatic rings. The Morgan fingerprint density at radius 1 is 1.50 bits per heavy atom. The summed E-state index contributed by atoms with van der Waals surface area (Å²) in [6.45, 7) is 4.18. The first-order chi connectivity index (χ1) is 5.74. The standard InChI is InChI=1S/C9H17N3/c1-4-6-12-7-5-10-9(12)8-11(2)3/h5,7H,4,6,8H2,1-3H3. The molecule has 0 aliphatic heterocycles. The molecule has 0 atom stereocenters. The minimum absolute atomic E-state index is 0.924. The van der Waals surface area contributed by atoms with Crippen molar-refractivity contribution >= 4 is 0 Å². The van der Waals surface area contributed by atoms with Crippen LogP contribution in [0.5, 0.6) is 0 Å². The Morgan fingerprint density at radius 2 is 2.25 bits per heavy atom. The number of hydrogen-bond acceptors (Lipinski definition) is 2. The molecular formula is C9H17N3. The maximum Gasteiger partial charge on any atom is 0.122 e. The predicted octanol–water partition coefficient (Wildman–Crippen LogP) is 1.35. The molecule has 1 rings (SSSR count). The second-order valence-electron chi connectivity index (χ2n) is 3.27. The Labute approximate surface area is 74.0 Å². The highest BCUT2D eigenvalue weighted by atomic mass is 15.1. The van der Waals surface area contributed by atoms with Gasteiger partial charge in [0, 0.05) is 18.9 Å². The summed E-state index contributed by atoms with van der Waals surface area (Å²) in [6.07, 6.45) is 5.08. The van der Waals surface area contributed by atoms with Gasteiger partial charge in [-0.05, 0) is 20.5 Å². The van der Waals surface area contributed by atoms with Gasteiger partial charge in [0.25, 0.3) is 0 Å². The van der Waals surface area contributed by atoms with Crippen LogP contribution in [0, 0.1) is 0 Å². The van der Waals surface area contributed by atoms with E-state index in [1.165, 1.54) is 0 Å². The maximum atomic E-state index is 4.30. The third-order valence-corrected chi connectivity index (χ3v) is 1.72. The van der Waals surface area contributed by atoms with Crippen molar-refractivity contribution in [3.8, 4) is 0 Å². The largest absolute Gasteiger partial charge is 0.334 e. The summed E-state index contributed by atoms with van der Waals surface area (Å²) in [7, 11) is 4.12. The van der Waals surface area contributed by atoms with E-state index in [1.807, 2.05) is 12.4 Å². The fourth-order valence-electron chi connectivity index (χ4n) is 1.22. The van der Waals surface area contributed by atoms with Crippen molar-refractivity contribution in [2.75, 3.05) is 14.1 Å². The summed E-state index contributed by atoms with van der Waals surface area (Å²) >= 11 is 0. The summed E-state index contributed by atoms with van der Waals surface area (Å²) in [6, 6.07) is 0. The van der Waals surface area contributed by atoms with Crippen molar-refractivity contribution in [2.24, 2.45) is 0 Å². The van der Waals surface area contributed by atoms with E-state index >= 15 is 0 Å². The van der Waals surface area contributed by atoms with Crippen LogP contribution in [0.25, 0.3) is 0 Å². The van der Waals surface area contributed by atoms with Crippen molar-refractivity contribution in [2.45, 2.75) is 26.4 Å². The van der Waals surface area contributed by atoms with E-state index in [1.54, 1.807) is 0 Å². The molecule has 0 spiro atoms. The second kappa shape index (κ2) is 4.26. The molecule has 0 N–H and O–H groups in total. The quantitative estimate of drug-likeness (QED) is 0.675. The van der Waals surface area contributed by atoms with Crippen LogP contribution in [0.2, 0.25) is 0 Å². The molecule has 0 aliphatic carbocycles. The first-order valence-electron chi connectivity index (χ1n) is 4.38. The van der Waals surface area contributed by atoms with E-state index in [4.69, 9.17) is 0 Å². The van der Waals surface area contributed by atoms with Gasteiger partial charge in [-0.2, -0.15) is 0 Å². The first-order valence-corrected chi connectivity index (χ1v) is 4.38. The molecule has 12 heavy (non-hydrogen) atoms. The molecule has 0 radical (unpaired) electrons.